The maximum Gasteiger partial charge on any atom is 0.230 e. The molecule has 1 aromatic carbocycles. The van der Waals surface area contributed by atoms with Crippen LogP contribution in [0.2, 0.25) is 0 Å². The molecule has 29 heavy (non-hydrogen) atoms. The zero-order chi connectivity index (χ0) is 20.4. The van der Waals surface area contributed by atoms with Crippen molar-refractivity contribution in [3.63, 3.8) is 0 Å². The SMILES string of the molecule is CC[C@@H](C(=O)N1CCc2nc(C)nc(N3CCN(C)CC3)c2C1)c1ccccc1. The van der Waals surface area contributed by atoms with Crippen LogP contribution in [-0.4, -0.2) is 65.4 Å². The first kappa shape index (κ1) is 19.8. The normalized spacial score (nSPS) is 18.4. The summed E-state index contributed by atoms with van der Waals surface area (Å²) in [5.74, 6) is 1.99. The molecule has 0 N–H and O–H groups in total. The Morgan fingerprint density at radius 2 is 1.79 bits per heavy atom. The van der Waals surface area contributed by atoms with Crippen LogP contribution in [0.1, 0.15) is 41.9 Å². The van der Waals surface area contributed by atoms with E-state index in [-0.39, 0.29) is 11.8 Å². The van der Waals surface area contributed by atoms with Gasteiger partial charge in [0, 0.05) is 44.7 Å². The molecule has 1 saturated heterocycles. The van der Waals surface area contributed by atoms with E-state index in [9.17, 15) is 4.79 Å². The number of carbonyl (C=O) groups excluding carboxylic acids is 1. The van der Waals surface area contributed by atoms with Crippen LogP contribution < -0.4 is 4.90 Å². The molecule has 0 bridgehead atoms. The quantitative estimate of drug-likeness (QED) is 0.799. The van der Waals surface area contributed by atoms with Gasteiger partial charge < -0.3 is 14.7 Å². The van der Waals surface area contributed by atoms with Crippen LogP contribution in [0.4, 0.5) is 5.82 Å². The minimum Gasteiger partial charge on any atom is -0.354 e. The maximum absolute atomic E-state index is 13.4. The lowest BCUT2D eigenvalue weighted by molar-refractivity contribution is -0.133. The zero-order valence-electron chi connectivity index (χ0n) is 17.8. The highest BCUT2D eigenvalue weighted by molar-refractivity contribution is 5.84. The van der Waals surface area contributed by atoms with Crippen molar-refractivity contribution in [3.05, 3.63) is 53.0 Å². The van der Waals surface area contributed by atoms with Crippen molar-refractivity contribution in [1.29, 1.82) is 0 Å². The van der Waals surface area contributed by atoms with Crippen molar-refractivity contribution in [2.45, 2.75) is 39.2 Å². The minimum absolute atomic E-state index is 0.0868. The molecule has 3 heterocycles. The summed E-state index contributed by atoms with van der Waals surface area (Å²) >= 11 is 0. The highest BCUT2D eigenvalue weighted by Gasteiger charge is 2.31. The van der Waals surface area contributed by atoms with Gasteiger partial charge in [0.05, 0.1) is 18.2 Å². The minimum atomic E-state index is -0.0868. The number of fused-ring (bicyclic) bond motifs is 1. The molecule has 0 aliphatic carbocycles. The van der Waals surface area contributed by atoms with E-state index in [1.54, 1.807) is 0 Å². The standard InChI is InChI=1S/C23H31N5O/c1-4-19(18-8-6-5-7-9-18)23(29)28-11-10-21-20(16-28)22(25-17(2)24-21)27-14-12-26(3)13-15-27/h5-9,19H,4,10-16H2,1-3H3/t19-/m1/s1. The lowest BCUT2D eigenvalue weighted by Gasteiger charge is -2.37. The fourth-order valence-electron chi connectivity index (χ4n) is 4.44. The molecule has 2 aliphatic rings. The second-order valence-corrected chi connectivity index (χ2v) is 8.19. The maximum atomic E-state index is 13.4. The molecule has 1 aromatic heterocycles. The fraction of sp³-hybridized carbons (Fsp3) is 0.522. The number of anilines is 1. The average molecular weight is 394 g/mol. The molecule has 1 amide bonds. The first-order valence-corrected chi connectivity index (χ1v) is 10.7. The topological polar surface area (TPSA) is 52.6 Å². The van der Waals surface area contributed by atoms with Crippen molar-refractivity contribution in [3.8, 4) is 0 Å². The Kier molecular flexibility index (Phi) is 5.81. The predicted molar refractivity (Wildman–Crippen MR) is 115 cm³/mol. The smallest absolute Gasteiger partial charge is 0.230 e. The van der Waals surface area contributed by atoms with Gasteiger partial charge in [-0.2, -0.15) is 0 Å². The molecule has 2 aromatic rings. The summed E-state index contributed by atoms with van der Waals surface area (Å²) in [6.07, 6.45) is 1.61. The lowest BCUT2D eigenvalue weighted by Crippen LogP contribution is -2.46. The Balaban J connectivity index is 1.59. The number of aromatic nitrogens is 2. The highest BCUT2D eigenvalue weighted by atomic mass is 16.2. The van der Waals surface area contributed by atoms with Gasteiger partial charge in [-0.25, -0.2) is 9.97 Å². The fourth-order valence-corrected chi connectivity index (χ4v) is 4.44. The Hall–Kier alpha value is -2.47. The van der Waals surface area contributed by atoms with Gasteiger partial charge >= 0.3 is 0 Å². The summed E-state index contributed by atoms with van der Waals surface area (Å²) in [4.78, 5) is 29.7. The van der Waals surface area contributed by atoms with E-state index in [0.717, 1.165) is 74.0 Å². The van der Waals surface area contributed by atoms with E-state index >= 15 is 0 Å². The summed E-state index contributed by atoms with van der Waals surface area (Å²) in [5, 5.41) is 0. The van der Waals surface area contributed by atoms with Gasteiger partial charge in [-0.3, -0.25) is 4.79 Å². The Labute approximate surface area is 173 Å². The third-order valence-electron chi connectivity index (χ3n) is 6.17. The highest BCUT2D eigenvalue weighted by Crippen LogP contribution is 2.30. The van der Waals surface area contributed by atoms with Crippen LogP contribution in [0.3, 0.4) is 0 Å². The first-order valence-electron chi connectivity index (χ1n) is 10.7. The Bertz CT molecular complexity index is 861. The van der Waals surface area contributed by atoms with Crippen LogP contribution in [0.25, 0.3) is 0 Å². The second kappa shape index (κ2) is 8.49. The van der Waals surface area contributed by atoms with E-state index in [1.807, 2.05) is 30.0 Å². The van der Waals surface area contributed by atoms with Gasteiger partial charge in [-0.1, -0.05) is 37.3 Å². The first-order chi connectivity index (χ1) is 14.1. The molecule has 6 nitrogen and oxygen atoms in total. The van der Waals surface area contributed by atoms with E-state index in [4.69, 9.17) is 9.97 Å². The van der Waals surface area contributed by atoms with Gasteiger partial charge in [0.1, 0.15) is 11.6 Å². The summed E-state index contributed by atoms with van der Waals surface area (Å²) in [7, 11) is 2.16. The van der Waals surface area contributed by atoms with Crippen LogP contribution >= 0.6 is 0 Å². The van der Waals surface area contributed by atoms with Crippen molar-refractivity contribution in [2.75, 3.05) is 44.7 Å². The second-order valence-electron chi connectivity index (χ2n) is 8.19. The number of nitrogens with zero attached hydrogens (tertiary/aromatic N) is 5. The Morgan fingerprint density at radius 3 is 2.48 bits per heavy atom. The monoisotopic (exact) mass is 393 g/mol. The van der Waals surface area contributed by atoms with Crippen molar-refractivity contribution >= 4 is 11.7 Å². The van der Waals surface area contributed by atoms with E-state index in [1.165, 1.54) is 0 Å². The van der Waals surface area contributed by atoms with Gasteiger partial charge in [0.15, 0.2) is 0 Å². The number of piperazine rings is 1. The number of hydrogen-bond acceptors (Lipinski definition) is 5. The molecule has 1 fully saturated rings. The number of hydrogen-bond donors (Lipinski definition) is 0. The molecule has 0 radical (unpaired) electrons. The predicted octanol–water partition coefficient (Wildman–Crippen LogP) is 2.62. The molecule has 6 heteroatoms. The molecular weight excluding hydrogens is 362 g/mol. The molecule has 0 saturated carbocycles. The number of carbonyl (C=O) groups is 1. The number of likely N-dealkylation sites (N-methyl/N-ethyl adjacent to an activating group) is 1. The molecular formula is C23H31N5O. The van der Waals surface area contributed by atoms with Gasteiger partial charge in [-0.05, 0) is 26.0 Å². The molecule has 154 valence electrons. The van der Waals surface area contributed by atoms with E-state index < -0.39 is 0 Å². The number of amides is 1. The molecule has 0 spiro atoms. The van der Waals surface area contributed by atoms with Crippen LogP contribution in [0.5, 0.6) is 0 Å². The average Bonchev–Trinajstić information content (AvgIpc) is 2.74. The zero-order valence-corrected chi connectivity index (χ0v) is 17.8. The molecule has 1 atom stereocenters. The van der Waals surface area contributed by atoms with E-state index in [0.29, 0.717) is 6.54 Å². The van der Waals surface area contributed by atoms with Gasteiger partial charge in [0.25, 0.3) is 0 Å². The summed E-state index contributed by atoms with van der Waals surface area (Å²) in [5.41, 5.74) is 3.36. The van der Waals surface area contributed by atoms with E-state index in [2.05, 4.69) is 35.9 Å². The molecule has 4 rings (SSSR count). The van der Waals surface area contributed by atoms with Crippen LogP contribution in [0, 0.1) is 6.92 Å². The number of benzene rings is 1. The van der Waals surface area contributed by atoms with Crippen molar-refractivity contribution in [2.24, 2.45) is 0 Å². The largest absolute Gasteiger partial charge is 0.354 e. The number of rotatable bonds is 4. The molecule has 2 aliphatic heterocycles. The molecule has 0 unspecified atom stereocenters. The lowest BCUT2D eigenvalue weighted by atomic mass is 9.93. The number of aryl methyl sites for hydroxylation is 1. The van der Waals surface area contributed by atoms with Crippen LogP contribution in [0.15, 0.2) is 30.3 Å². The summed E-state index contributed by atoms with van der Waals surface area (Å²) < 4.78 is 0. The van der Waals surface area contributed by atoms with Crippen molar-refractivity contribution in [1.82, 2.24) is 19.8 Å². The van der Waals surface area contributed by atoms with Crippen LogP contribution in [-0.2, 0) is 17.8 Å². The third kappa shape index (κ3) is 4.13. The van der Waals surface area contributed by atoms with Gasteiger partial charge in [-0.15, -0.1) is 0 Å². The van der Waals surface area contributed by atoms with Gasteiger partial charge in [0.2, 0.25) is 5.91 Å². The van der Waals surface area contributed by atoms with Crippen molar-refractivity contribution < 1.29 is 4.79 Å². The Morgan fingerprint density at radius 1 is 1.07 bits per heavy atom. The summed E-state index contributed by atoms with van der Waals surface area (Å²) in [6.45, 7) is 9.41. The third-order valence-corrected chi connectivity index (χ3v) is 6.17. The summed E-state index contributed by atoms with van der Waals surface area (Å²) in [6, 6.07) is 10.1.